The molecule has 0 saturated heterocycles. The van der Waals surface area contributed by atoms with Gasteiger partial charge in [-0.3, -0.25) is 4.72 Å². The second kappa shape index (κ2) is 7.55. The largest absolute Gasteiger partial charge is 0.452 e. The van der Waals surface area contributed by atoms with Crippen molar-refractivity contribution in [3.8, 4) is 11.3 Å². The Morgan fingerprint density at radius 2 is 1.76 bits per heavy atom. The van der Waals surface area contributed by atoms with Crippen LogP contribution in [0.15, 0.2) is 51.9 Å². The predicted molar refractivity (Wildman–Crippen MR) is 103 cm³/mol. The van der Waals surface area contributed by atoms with E-state index in [1.165, 1.54) is 12.1 Å². The molecule has 0 atom stereocenters. The summed E-state index contributed by atoms with van der Waals surface area (Å²) in [4.78, 5) is -0.0210. The maximum absolute atomic E-state index is 13.0. The van der Waals surface area contributed by atoms with Gasteiger partial charge < -0.3 is 4.52 Å². The van der Waals surface area contributed by atoms with Gasteiger partial charge in [0.25, 0.3) is 10.0 Å². The zero-order valence-electron chi connectivity index (χ0n) is 16.0. The van der Waals surface area contributed by atoms with Crippen LogP contribution >= 0.6 is 0 Å². The predicted octanol–water partition coefficient (Wildman–Crippen LogP) is 5.34. The van der Waals surface area contributed by atoms with Crippen LogP contribution in [0.3, 0.4) is 0 Å². The van der Waals surface area contributed by atoms with Crippen molar-refractivity contribution in [3.05, 3.63) is 64.9 Å². The number of halogens is 3. The minimum atomic E-state index is -4.67. The van der Waals surface area contributed by atoms with Gasteiger partial charge in [0.15, 0.2) is 0 Å². The van der Waals surface area contributed by atoms with Crippen LogP contribution in [0.2, 0.25) is 0 Å². The highest BCUT2D eigenvalue weighted by molar-refractivity contribution is 7.92. The summed E-state index contributed by atoms with van der Waals surface area (Å²) in [7, 11) is -3.97. The molecule has 0 radical (unpaired) electrons. The highest BCUT2D eigenvalue weighted by Crippen LogP contribution is 2.33. The second-order valence-corrected chi connectivity index (χ2v) is 8.31. The molecule has 9 heteroatoms. The Kier molecular flexibility index (Phi) is 5.44. The maximum atomic E-state index is 13.0. The second-order valence-electron chi connectivity index (χ2n) is 6.65. The number of anilines is 1. The Morgan fingerprint density at radius 3 is 2.34 bits per heavy atom. The molecule has 0 unspecified atom stereocenters. The van der Waals surface area contributed by atoms with E-state index in [1.807, 2.05) is 13.8 Å². The van der Waals surface area contributed by atoms with Crippen molar-refractivity contribution >= 4 is 15.7 Å². The van der Waals surface area contributed by atoms with Crippen LogP contribution in [0.5, 0.6) is 0 Å². The molecule has 0 fully saturated rings. The van der Waals surface area contributed by atoms with Crippen LogP contribution in [0.1, 0.15) is 29.4 Å². The molecular weight excluding hydrogens is 405 g/mol. The number of nitrogens with one attached hydrogen (secondary N) is 1. The zero-order valence-corrected chi connectivity index (χ0v) is 16.8. The first-order valence-electron chi connectivity index (χ1n) is 8.78. The van der Waals surface area contributed by atoms with Crippen LogP contribution in [0.4, 0.5) is 18.9 Å². The molecule has 0 aliphatic carbocycles. The van der Waals surface area contributed by atoms with Crippen molar-refractivity contribution in [1.82, 2.24) is 5.16 Å². The van der Waals surface area contributed by atoms with Crippen LogP contribution in [0.25, 0.3) is 11.3 Å². The van der Waals surface area contributed by atoms with E-state index in [9.17, 15) is 21.6 Å². The van der Waals surface area contributed by atoms with E-state index in [0.29, 0.717) is 17.7 Å². The quantitative estimate of drug-likeness (QED) is 0.600. The number of rotatable bonds is 5. The van der Waals surface area contributed by atoms with Crippen molar-refractivity contribution < 1.29 is 26.1 Å². The van der Waals surface area contributed by atoms with Gasteiger partial charge in [-0.2, -0.15) is 13.2 Å². The molecule has 3 rings (SSSR count). The van der Waals surface area contributed by atoms with Gasteiger partial charge in [-0.05, 0) is 55.2 Å². The lowest BCUT2D eigenvalue weighted by Crippen LogP contribution is -2.15. The van der Waals surface area contributed by atoms with Gasteiger partial charge in [0.1, 0.15) is 5.69 Å². The fourth-order valence-corrected chi connectivity index (χ4v) is 4.20. The molecule has 0 spiro atoms. The maximum Gasteiger partial charge on any atom is 0.452 e. The summed E-state index contributed by atoms with van der Waals surface area (Å²) in [5, 5.41) is 3.43. The molecule has 5 nitrogen and oxygen atoms in total. The van der Waals surface area contributed by atoms with Crippen molar-refractivity contribution in [2.24, 2.45) is 0 Å². The van der Waals surface area contributed by atoms with Gasteiger partial charge in [-0.1, -0.05) is 30.3 Å². The van der Waals surface area contributed by atoms with Gasteiger partial charge in [0.2, 0.25) is 5.76 Å². The van der Waals surface area contributed by atoms with E-state index in [-0.39, 0.29) is 16.2 Å². The summed E-state index contributed by atoms with van der Waals surface area (Å²) in [6, 6.07) is 10.3. The van der Waals surface area contributed by atoms with Gasteiger partial charge in [-0.15, -0.1) is 0 Å². The minimum absolute atomic E-state index is 0.0210. The summed E-state index contributed by atoms with van der Waals surface area (Å²) in [6.45, 7) is 5.58. The number of sulfonamides is 1. The first-order chi connectivity index (χ1) is 13.5. The molecule has 154 valence electrons. The molecule has 2 aromatic carbocycles. The number of alkyl halides is 3. The summed E-state index contributed by atoms with van der Waals surface area (Å²) in [5.74, 6) is -1.25. The first-order valence-corrected chi connectivity index (χ1v) is 10.3. The van der Waals surface area contributed by atoms with Crippen molar-refractivity contribution in [1.29, 1.82) is 0 Å². The molecular formula is C20H19F3N2O3S. The van der Waals surface area contributed by atoms with Gasteiger partial charge in [-0.25, -0.2) is 8.42 Å². The summed E-state index contributed by atoms with van der Waals surface area (Å²) >= 11 is 0. The van der Waals surface area contributed by atoms with Gasteiger partial charge in [0.05, 0.1) is 4.90 Å². The molecule has 1 heterocycles. The highest BCUT2D eigenvalue weighted by Gasteiger charge is 2.36. The molecule has 0 bridgehead atoms. The third-order valence-electron chi connectivity index (χ3n) is 4.58. The molecule has 29 heavy (non-hydrogen) atoms. The highest BCUT2D eigenvalue weighted by atomic mass is 32.2. The van der Waals surface area contributed by atoms with E-state index in [2.05, 4.69) is 14.4 Å². The Hall–Kier alpha value is -2.81. The van der Waals surface area contributed by atoms with Crippen LogP contribution < -0.4 is 4.72 Å². The SMILES string of the molecule is CCc1ccc(-c2cc(C(F)(F)F)on2)cc1S(=O)(=O)Nc1ccc(C)c(C)c1. The average molecular weight is 424 g/mol. The van der Waals surface area contributed by atoms with Crippen molar-refractivity contribution in [2.45, 2.75) is 38.3 Å². The monoisotopic (exact) mass is 424 g/mol. The lowest BCUT2D eigenvalue weighted by Gasteiger charge is -2.13. The summed E-state index contributed by atoms with van der Waals surface area (Å²) < 4.78 is 71.2. The van der Waals surface area contributed by atoms with Crippen LogP contribution in [-0.2, 0) is 22.6 Å². The Morgan fingerprint density at radius 1 is 1.03 bits per heavy atom. The summed E-state index contributed by atoms with van der Waals surface area (Å²) in [6.07, 6.45) is -4.25. The number of hydrogen-bond acceptors (Lipinski definition) is 4. The average Bonchev–Trinajstić information content (AvgIpc) is 3.14. The van der Waals surface area contributed by atoms with E-state index in [0.717, 1.165) is 17.2 Å². The van der Waals surface area contributed by atoms with Crippen LogP contribution in [-0.4, -0.2) is 13.6 Å². The molecule has 0 saturated carbocycles. The fourth-order valence-electron chi connectivity index (χ4n) is 2.82. The Bertz CT molecular complexity index is 1150. The van der Waals surface area contributed by atoms with Gasteiger partial charge >= 0.3 is 6.18 Å². The third kappa shape index (κ3) is 4.45. The lowest BCUT2D eigenvalue weighted by atomic mass is 10.1. The number of nitrogens with zero attached hydrogens (tertiary/aromatic N) is 1. The Balaban J connectivity index is 2.02. The molecule has 1 N–H and O–H groups in total. The van der Waals surface area contributed by atoms with E-state index in [4.69, 9.17) is 0 Å². The van der Waals surface area contributed by atoms with Crippen molar-refractivity contribution in [2.75, 3.05) is 4.72 Å². The van der Waals surface area contributed by atoms with E-state index < -0.39 is 22.0 Å². The molecule has 1 aromatic heterocycles. The van der Waals surface area contributed by atoms with Crippen LogP contribution in [0, 0.1) is 13.8 Å². The topological polar surface area (TPSA) is 72.2 Å². The number of benzene rings is 2. The van der Waals surface area contributed by atoms with E-state index >= 15 is 0 Å². The van der Waals surface area contributed by atoms with Gasteiger partial charge in [0, 0.05) is 17.3 Å². The molecule has 0 aliphatic rings. The third-order valence-corrected chi connectivity index (χ3v) is 6.05. The Labute approximate surface area is 166 Å². The standard InChI is InChI=1S/C20H19F3N2O3S/c1-4-14-6-7-15(17-11-19(28-24-17)20(21,22)23)10-18(14)29(26,27)25-16-8-5-12(2)13(3)9-16/h5-11,25H,4H2,1-3H3. The first kappa shape index (κ1) is 20.9. The summed E-state index contributed by atoms with van der Waals surface area (Å²) in [5.41, 5.74) is 3.00. The zero-order chi connectivity index (χ0) is 21.4. The number of aryl methyl sites for hydroxylation is 3. The molecule has 0 aliphatic heterocycles. The minimum Gasteiger partial charge on any atom is -0.351 e. The molecule has 0 amide bonds. The fraction of sp³-hybridized carbons (Fsp3) is 0.250. The number of hydrogen-bond donors (Lipinski definition) is 1. The lowest BCUT2D eigenvalue weighted by molar-refractivity contribution is -0.155. The van der Waals surface area contributed by atoms with Crippen molar-refractivity contribution in [3.63, 3.8) is 0 Å². The smallest absolute Gasteiger partial charge is 0.351 e. The number of aromatic nitrogens is 1. The normalized spacial score (nSPS) is 12.2. The van der Waals surface area contributed by atoms with E-state index in [1.54, 1.807) is 31.2 Å². The molecule has 3 aromatic rings.